The van der Waals surface area contributed by atoms with Gasteiger partial charge in [-0.2, -0.15) is 0 Å². The summed E-state index contributed by atoms with van der Waals surface area (Å²) in [5, 5.41) is 2.66. The van der Waals surface area contributed by atoms with Crippen LogP contribution in [-0.4, -0.2) is 38.8 Å². The molecule has 3 heterocycles. The van der Waals surface area contributed by atoms with E-state index in [0.717, 1.165) is 36.6 Å². The molecule has 1 unspecified atom stereocenters. The van der Waals surface area contributed by atoms with Gasteiger partial charge in [0.1, 0.15) is 0 Å². The molecule has 0 aromatic carbocycles. The number of hydrogen-bond acceptors (Lipinski definition) is 5. The van der Waals surface area contributed by atoms with Gasteiger partial charge in [0.2, 0.25) is 5.91 Å². The Labute approximate surface area is 161 Å². The minimum absolute atomic E-state index is 0.134. The van der Waals surface area contributed by atoms with E-state index >= 15 is 0 Å². The van der Waals surface area contributed by atoms with Gasteiger partial charge >= 0.3 is 0 Å². The van der Waals surface area contributed by atoms with Crippen LogP contribution in [0.25, 0.3) is 0 Å². The third-order valence-corrected chi connectivity index (χ3v) is 5.17. The van der Waals surface area contributed by atoms with Gasteiger partial charge in [0.05, 0.1) is 24.1 Å². The van der Waals surface area contributed by atoms with Crippen molar-refractivity contribution in [2.24, 2.45) is 5.92 Å². The Morgan fingerprint density at radius 3 is 2.63 bits per heavy atom. The molecule has 2 atom stereocenters. The molecule has 1 amide bonds. The van der Waals surface area contributed by atoms with Gasteiger partial charge in [-0.05, 0) is 70.2 Å². The number of rotatable bonds is 5. The molecule has 6 heteroatoms. The largest absolute Gasteiger partial charge is 0.310 e. The Morgan fingerprint density at radius 1 is 1.26 bits per heavy atom. The number of pyridine rings is 1. The topological polar surface area (TPSA) is 71.0 Å². The highest BCUT2D eigenvalue weighted by Crippen LogP contribution is 2.27. The third kappa shape index (κ3) is 5.32. The van der Waals surface area contributed by atoms with E-state index in [-0.39, 0.29) is 11.9 Å². The molecule has 0 radical (unpaired) electrons. The summed E-state index contributed by atoms with van der Waals surface area (Å²) >= 11 is 0. The fraction of sp³-hybridized carbons (Fsp3) is 0.524. The molecule has 1 aliphatic rings. The normalized spacial score (nSPS) is 18.9. The smallest absolute Gasteiger partial charge is 0.222 e. The van der Waals surface area contributed by atoms with Crippen LogP contribution in [0.2, 0.25) is 0 Å². The van der Waals surface area contributed by atoms with E-state index < -0.39 is 0 Å². The molecule has 1 saturated heterocycles. The van der Waals surface area contributed by atoms with Crippen LogP contribution >= 0.6 is 0 Å². The molecule has 0 aliphatic carbocycles. The lowest BCUT2D eigenvalue weighted by molar-refractivity contribution is -0.114. The first-order valence-corrected chi connectivity index (χ1v) is 9.68. The predicted octanol–water partition coefficient (Wildman–Crippen LogP) is 3.46. The number of nitrogens with zero attached hydrogens (tertiary/aromatic N) is 4. The van der Waals surface area contributed by atoms with Crippen molar-refractivity contribution in [3.8, 4) is 0 Å². The zero-order chi connectivity index (χ0) is 19.4. The van der Waals surface area contributed by atoms with Crippen molar-refractivity contribution in [2.75, 3.05) is 18.4 Å². The molecule has 0 bridgehead atoms. The zero-order valence-electron chi connectivity index (χ0n) is 16.7. The first kappa shape index (κ1) is 19.4. The van der Waals surface area contributed by atoms with Gasteiger partial charge in [-0.15, -0.1) is 0 Å². The first-order valence-electron chi connectivity index (χ1n) is 9.68. The fourth-order valence-electron chi connectivity index (χ4n) is 3.97. The minimum Gasteiger partial charge on any atom is -0.310 e. The van der Waals surface area contributed by atoms with E-state index in [1.54, 1.807) is 12.4 Å². The molecular formula is C21H29N5O. The number of aromatic nitrogens is 3. The van der Waals surface area contributed by atoms with Crippen molar-refractivity contribution in [1.29, 1.82) is 0 Å². The second-order valence-electron chi connectivity index (χ2n) is 7.65. The summed E-state index contributed by atoms with van der Waals surface area (Å²) < 4.78 is 0. The van der Waals surface area contributed by atoms with Crippen LogP contribution in [0.4, 0.5) is 5.82 Å². The summed E-state index contributed by atoms with van der Waals surface area (Å²) in [6.45, 7) is 9.94. The maximum atomic E-state index is 11.1. The van der Waals surface area contributed by atoms with Gasteiger partial charge in [-0.1, -0.05) is 0 Å². The lowest BCUT2D eigenvalue weighted by Gasteiger charge is -2.36. The van der Waals surface area contributed by atoms with Crippen LogP contribution in [0.5, 0.6) is 0 Å². The van der Waals surface area contributed by atoms with Crippen molar-refractivity contribution in [1.82, 2.24) is 19.9 Å². The summed E-state index contributed by atoms with van der Waals surface area (Å²) in [6.07, 6.45) is 6.97. The molecule has 1 N–H and O–H groups in total. The van der Waals surface area contributed by atoms with Crippen LogP contribution in [0.1, 0.15) is 55.4 Å². The summed E-state index contributed by atoms with van der Waals surface area (Å²) in [6, 6.07) is 4.64. The monoisotopic (exact) mass is 367 g/mol. The highest BCUT2D eigenvalue weighted by molar-refractivity contribution is 5.87. The minimum atomic E-state index is -0.134. The Balaban J connectivity index is 1.63. The Morgan fingerprint density at radius 2 is 2.00 bits per heavy atom. The molecule has 144 valence electrons. The molecular weight excluding hydrogens is 338 g/mol. The Bertz CT molecular complexity index is 769. The molecule has 1 aliphatic heterocycles. The van der Waals surface area contributed by atoms with Crippen LogP contribution in [0.15, 0.2) is 24.5 Å². The summed E-state index contributed by atoms with van der Waals surface area (Å²) in [5.74, 6) is 1.01. The van der Waals surface area contributed by atoms with Crippen LogP contribution in [-0.2, 0) is 11.2 Å². The number of carbonyl (C=O) groups is 1. The molecule has 3 rings (SSSR count). The summed E-state index contributed by atoms with van der Waals surface area (Å²) in [7, 11) is 0. The van der Waals surface area contributed by atoms with Gasteiger partial charge in [-0.25, -0.2) is 4.98 Å². The Hall–Kier alpha value is -2.34. The van der Waals surface area contributed by atoms with Crippen LogP contribution < -0.4 is 5.32 Å². The molecule has 27 heavy (non-hydrogen) atoms. The standard InChI is InChI=1S/C21H29N5O/c1-14-8-19(9-15(2)24-14)10-18-6-5-7-26(13-18)16(3)20-11-23-21(12-22-20)25-17(4)27/h8-9,11-12,16,18H,5-7,10,13H2,1-4H3,(H,23,25,27)/t16?,18-/m1/s1. The van der Waals surface area contributed by atoms with E-state index in [9.17, 15) is 4.79 Å². The van der Waals surface area contributed by atoms with Crippen molar-refractivity contribution in [2.45, 2.75) is 53.0 Å². The van der Waals surface area contributed by atoms with Gasteiger partial charge in [0.15, 0.2) is 5.82 Å². The average molecular weight is 367 g/mol. The first-order chi connectivity index (χ1) is 12.9. The SMILES string of the molecule is CC(=O)Nc1cnc(C(C)N2CCC[C@H](Cc3cc(C)nc(C)c3)C2)cn1. The number of amides is 1. The van der Waals surface area contributed by atoms with Crippen LogP contribution in [0.3, 0.4) is 0 Å². The summed E-state index contributed by atoms with van der Waals surface area (Å²) in [5.41, 5.74) is 4.53. The maximum Gasteiger partial charge on any atom is 0.222 e. The van der Waals surface area contributed by atoms with Crippen molar-refractivity contribution in [3.63, 3.8) is 0 Å². The molecule has 6 nitrogen and oxygen atoms in total. The van der Waals surface area contributed by atoms with E-state index in [4.69, 9.17) is 0 Å². The van der Waals surface area contributed by atoms with Crippen molar-refractivity contribution >= 4 is 11.7 Å². The molecule has 0 spiro atoms. The molecule has 2 aromatic heterocycles. The zero-order valence-corrected chi connectivity index (χ0v) is 16.7. The van der Waals surface area contributed by atoms with E-state index in [2.05, 4.69) is 58.1 Å². The Kier molecular flexibility index (Phi) is 6.16. The number of carbonyl (C=O) groups excluding carboxylic acids is 1. The second-order valence-corrected chi connectivity index (χ2v) is 7.65. The maximum absolute atomic E-state index is 11.1. The van der Waals surface area contributed by atoms with Crippen molar-refractivity contribution < 1.29 is 4.79 Å². The number of nitrogens with one attached hydrogen (secondary N) is 1. The number of likely N-dealkylation sites (tertiary alicyclic amines) is 1. The molecule has 0 saturated carbocycles. The highest BCUT2D eigenvalue weighted by atomic mass is 16.1. The predicted molar refractivity (Wildman–Crippen MR) is 106 cm³/mol. The number of hydrogen-bond donors (Lipinski definition) is 1. The van der Waals surface area contributed by atoms with Gasteiger partial charge in [0, 0.05) is 24.9 Å². The molecule has 1 fully saturated rings. The quantitative estimate of drug-likeness (QED) is 0.876. The molecule has 2 aromatic rings. The van der Waals surface area contributed by atoms with Gasteiger partial charge < -0.3 is 5.32 Å². The summed E-state index contributed by atoms with van der Waals surface area (Å²) in [4.78, 5) is 26.9. The van der Waals surface area contributed by atoms with Crippen LogP contribution in [0, 0.1) is 19.8 Å². The van der Waals surface area contributed by atoms with Crippen molar-refractivity contribution in [3.05, 3.63) is 47.2 Å². The average Bonchev–Trinajstić information content (AvgIpc) is 2.60. The second kappa shape index (κ2) is 8.57. The fourth-order valence-corrected chi connectivity index (χ4v) is 3.97. The van der Waals surface area contributed by atoms with E-state index in [1.165, 1.54) is 25.3 Å². The highest BCUT2D eigenvalue weighted by Gasteiger charge is 2.25. The van der Waals surface area contributed by atoms with E-state index in [0.29, 0.717) is 11.7 Å². The number of piperidine rings is 1. The lowest BCUT2D eigenvalue weighted by atomic mass is 9.90. The lowest BCUT2D eigenvalue weighted by Crippen LogP contribution is -2.38. The number of aryl methyl sites for hydroxylation is 2. The third-order valence-electron chi connectivity index (χ3n) is 5.17. The van der Waals surface area contributed by atoms with Gasteiger partial charge in [-0.3, -0.25) is 19.7 Å². The van der Waals surface area contributed by atoms with E-state index in [1.807, 2.05) is 0 Å². The van der Waals surface area contributed by atoms with Gasteiger partial charge in [0.25, 0.3) is 0 Å². The number of anilines is 1.